The highest BCUT2D eigenvalue weighted by molar-refractivity contribution is 7.15. The van der Waals surface area contributed by atoms with E-state index in [4.69, 9.17) is 16.3 Å². The molecule has 0 atom stereocenters. The summed E-state index contributed by atoms with van der Waals surface area (Å²) in [6.45, 7) is 6.48. The number of alkyl halides is 1. The molecule has 1 rings (SSSR count). The molecule has 0 aliphatic rings. The first kappa shape index (κ1) is 12.7. The highest BCUT2D eigenvalue weighted by Crippen LogP contribution is 2.24. The zero-order chi connectivity index (χ0) is 11.3. The Labute approximate surface area is 100 Å². The summed E-state index contributed by atoms with van der Waals surface area (Å²) < 4.78 is 5.07. The fourth-order valence-corrected chi connectivity index (χ4v) is 2.36. The Kier molecular flexibility index (Phi) is 5.36. The topological polar surface area (TPSA) is 25.4 Å². The van der Waals surface area contributed by atoms with Gasteiger partial charge in [-0.3, -0.25) is 0 Å². The molecular weight excluding hydrogens is 232 g/mol. The average Bonchev–Trinajstić information content (AvgIpc) is 2.54. The van der Waals surface area contributed by atoms with Gasteiger partial charge in [0.05, 0.1) is 12.3 Å². The molecule has 0 aliphatic carbocycles. The van der Waals surface area contributed by atoms with Crippen molar-refractivity contribution in [3.05, 3.63) is 10.6 Å². The normalized spacial score (nSPS) is 10.7. The number of aromatic nitrogens is 1. The van der Waals surface area contributed by atoms with E-state index in [1.54, 1.807) is 18.4 Å². The minimum absolute atomic E-state index is 0.612. The molecule has 0 saturated heterocycles. The van der Waals surface area contributed by atoms with E-state index in [9.17, 15) is 0 Å². The van der Waals surface area contributed by atoms with E-state index in [1.165, 1.54) is 4.88 Å². The molecule has 86 valence electrons. The Morgan fingerprint density at radius 3 is 2.60 bits per heavy atom. The van der Waals surface area contributed by atoms with Gasteiger partial charge in [0.15, 0.2) is 5.13 Å². The quantitative estimate of drug-likeness (QED) is 0.724. The molecule has 0 amide bonds. The van der Waals surface area contributed by atoms with Crippen LogP contribution in [0.1, 0.15) is 10.6 Å². The van der Waals surface area contributed by atoms with Crippen molar-refractivity contribution in [3.63, 3.8) is 0 Å². The van der Waals surface area contributed by atoms with Gasteiger partial charge in [0, 0.05) is 31.0 Å². The lowest BCUT2D eigenvalue weighted by Crippen LogP contribution is -2.29. The van der Waals surface area contributed by atoms with Gasteiger partial charge in [-0.2, -0.15) is 0 Å². The Bertz CT molecular complexity index is 284. The van der Waals surface area contributed by atoms with E-state index in [-0.39, 0.29) is 0 Å². The summed E-state index contributed by atoms with van der Waals surface area (Å²) in [5.74, 6) is 0.612. The maximum atomic E-state index is 5.77. The van der Waals surface area contributed by atoms with Crippen molar-refractivity contribution in [1.29, 1.82) is 0 Å². The van der Waals surface area contributed by atoms with Crippen molar-refractivity contribution in [2.75, 3.05) is 37.6 Å². The summed E-state index contributed by atoms with van der Waals surface area (Å²) >= 11 is 7.48. The van der Waals surface area contributed by atoms with Crippen LogP contribution in [-0.2, 0) is 4.74 Å². The number of thiazole rings is 1. The van der Waals surface area contributed by atoms with Gasteiger partial charge < -0.3 is 9.64 Å². The van der Waals surface area contributed by atoms with Gasteiger partial charge in [-0.25, -0.2) is 4.98 Å². The molecule has 5 heteroatoms. The maximum Gasteiger partial charge on any atom is 0.185 e. The largest absolute Gasteiger partial charge is 0.383 e. The van der Waals surface area contributed by atoms with Crippen LogP contribution in [0.15, 0.2) is 0 Å². The zero-order valence-electron chi connectivity index (χ0n) is 9.42. The molecule has 0 fully saturated rings. The summed E-state index contributed by atoms with van der Waals surface area (Å²) in [6, 6.07) is 0. The van der Waals surface area contributed by atoms with Gasteiger partial charge >= 0.3 is 0 Å². The Morgan fingerprint density at radius 2 is 2.13 bits per heavy atom. The minimum Gasteiger partial charge on any atom is -0.383 e. The van der Waals surface area contributed by atoms with Gasteiger partial charge in [0.2, 0.25) is 0 Å². The van der Waals surface area contributed by atoms with E-state index < -0.39 is 0 Å². The summed E-state index contributed by atoms with van der Waals surface area (Å²) in [5, 5.41) is 1.04. The second kappa shape index (κ2) is 6.30. The molecule has 1 aromatic rings. The number of hydrogen-bond donors (Lipinski definition) is 0. The summed E-state index contributed by atoms with van der Waals surface area (Å²) in [5.41, 5.74) is 1.10. The predicted octanol–water partition coefficient (Wildman–Crippen LogP) is 2.45. The molecule has 1 aromatic heterocycles. The number of ether oxygens (including phenoxy) is 1. The Balaban J connectivity index is 2.69. The third-order valence-corrected chi connectivity index (χ3v) is 3.51. The fraction of sp³-hybridized carbons (Fsp3) is 0.700. The summed E-state index contributed by atoms with van der Waals surface area (Å²) in [4.78, 5) is 7.95. The van der Waals surface area contributed by atoms with Crippen LogP contribution in [0, 0.1) is 13.8 Å². The monoisotopic (exact) mass is 248 g/mol. The number of rotatable bonds is 6. The number of aryl methyl sites for hydroxylation is 2. The van der Waals surface area contributed by atoms with Gasteiger partial charge in [-0.1, -0.05) is 0 Å². The second-order valence-corrected chi connectivity index (χ2v) is 4.87. The van der Waals surface area contributed by atoms with Gasteiger partial charge in [-0.05, 0) is 13.8 Å². The SMILES string of the molecule is COCCN(CCCl)c1nc(C)c(C)s1. The fourth-order valence-electron chi connectivity index (χ4n) is 1.20. The maximum absolute atomic E-state index is 5.77. The number of methoxy groups -OCH3 is 1. The van der Waals surface area contributed by atoms with E-state index in [0.29, 0.717) is 12.5 Å². The van der Waals surface area contributed by atoms with Crippen molar-refractivity contribution in [3.8, 4) is 0 Å². The number of halogens is 1. The molecule has 3 nitrogen and oxygen atoms in total. The summed E-state index contributed by atoms with van der Waals surface area (Å²) in [7, 11) is 1.71. The van der Waals surface area contributed by atoms with E-state index in [1.807, 2.05) is 6.92 Å². The highest BCUT2D eigenvalue weighted by Gasteiger charge is 2.11. The Hall–Kier alpha value is -0.320. The molecule has 0 unspecified atom stereocenters. The van der Waals surface area contributed by atoms with Crippen LogP contribution < -0.4 is 4.90 Å². The van der Waals surface area contributed by atoms with Crippen LogP contribution >= 0.6 is 22.9 Å². The molecule has 0 aliphatic heterocycles. The highest BCUT2D eigenvalue weighted by atomic mass is 35.5. The zero-order valence-corrected chi connectivity index (χ0v) is 11.0. The van der Waals surface area contributed by atoms with Crippen molar-refractivity contribution in [2.45, 2.75) is 13.8 Å². The molecular formula is C10H17ClN2OS. The molecule has 0 N–H and O–H groups in total. The lowest BCUT2D eigenvalue weighted by molar-refractivity contribution is 0.205. The van der Waals surface area contributed by atoms with Crippen molar-refractivity contribution in [1.82, 2.24) is 4.98 Å². The second-order valence-electron chi connectivity index (χ2n) is 3.31. The van der Waals surface area contributed by atoms with Crippen molar-refractivity contribution >= 4 is 28.1 Å². The molecule has 0 bridgehead atoms. The van der Waals surface area contributed by atoms with Crippen LogP contribution in [0.25, 0.3) is 0 Å². The van der Waals surface area contributed by atoms with Crippen molar-refractivity contribution in [2.24, 2.45) is 0 Å². The van der Waals surface area contributed by atoms with E-state index >= 15 is 0 Å². The molecule has 1 heterocycles. The van der Waals surface area contributed by atoms with E-state index in [2.05, 4.69) is 16.8 Å². The average molecular weight is 249 g/mol. The standard InChI is InChI=1S/C10H17ClN2OS/c1-8-9(2)15-10(12-8)13(5-4-11)6-7-14-3/h4-7H2,1-3H3. The van der Waals surface area contributed by atoms with Crippen LogP contribution in [0.2, 0.25) is 0 Å². The number of hydrogen-bond acceptors (Lipinski definition) is 4. The molecule has 0 spiro atoms. The third kappa shape index (κ3) is 3.63. The lowest BCUT2D eigenvalue weighted by Gasteiger charge is -2.19. The molecule has 0 radical (unpaired) electrons. The third-order valence-electron chi connectivity index (χ3n) is 2.21. The van der Waals surface area contributed by atoms with Gasteiger partial charge in [-0.15, -0.1) is 22.9 Å². The Morgan fingerprint density at radius 1 is 1.40 bits per heavy atom. The number of anilines is 1. The summed E-state index contributed by atoms with van der Waals surface area (Å²) in [6.07, 6.45) is 0. The van der Waals surface area contributed by atoms with Crippen molar-refractivity contribution < 1.29 is 4.74 Å². The van der Waals surface area contributed by atoms with E-state index in [0.717, 1.165) is 23.9 Å². The molecule has 0 aromatic carbocycles. The minimum atomic E-state index is 0.612. The van der Waals surface area contributed by atoms with Gasteiger partial charge in [0.1, 0.15) is 0 Å². The first-order valence-corrected chi connectivity index (χ1v) is 6.28. The van der Waals surface area contributed by atoms with Crippen LogP contribution in [0.5, 0.6) is 0 Å². The molecule has 15 heavy (non-hydrogen) atoms. The van der Waals surface area contributed by atoms with Gasteiger partial charge in [0.25, 0.3) is 0 Å². The van der Waals surface area contributed by atoms with Crippen LogP contribution in [0.3, 0.4) is 0 Å². The lowest BCUT2D eigenvalue weighted by atomic mass is 10.4. The predicted molar refractivity (Wildman–Crippen MR) is 66.4 cm³/mol. The van der Waals surface area contributed by atoms with Crippen LogP contribution in [0.4, 0.5) is 5.13 Å². The smallest absolute Gasteiger partial charge is 0.185 e. The number of nitrogens with zero attached hydrogens (tertiary/aromatic N) is 2. The molecule has 0 saturated carbocycles. The van der Waals surface area contributed by atoms with Crippen LogP contribution in [-0.4, -0.2) is 37.7 Å². The first-order valence-electron chi connectivity index (χ1n) is 4.93. The first-order chi connectivity index (χ1) is 7.19.